The van der Waals surface area contributed by atoms with Gasteiger partial charge in [0.1, 0.15) is 5.75 Å². The zero-order valence-electron chi connectivity index (χ0n) is 15.0. The van der Waals surface area contributed by atoms with Crippen LogP contribution in [0.4, 0.5) is 0 Å². The monoisotopic (exact) mass is 344 g/mol. The van der Waals surface area contributed by atoms with Crippen molar-refractivity contribution in [3.8, 4) is 5.75 Å². The van der Waals surface area contributed by atoms with E-state index in [-0.39, 0.29) is 5.91 Å². The third kappa shape index (κ3) is 4.61. The van der Waals surface area contributed by atoms with Crippen LogP contribution in [0.25, 0.3) is 5.57 Å². The van der Waals surface area contributed by atoms with Crippen LogP contribution in [-0.2, 0) is 4.79 Å². The van der Waals surface area contributed by atoms with Gasteiger partial charge in [0.05, 0.1) is 12.7 Å². The number of ether oxygens (including phenoxy) is 1. The molecular weight excluding hydrogens is 316 g/mol. The molecule has 1 N–H and O–H groups in total. The minimum Gasteiger partial charge on any atom is -0.493 e. The first-order chi connectivity index (χ1) is 12.2. The van der Waals surface area contributed by atoms with E-state index in [1.165, 1.54) is 11.1 Å². The predicted molar refractivity (Wildman–Crippen MR) is 98.5 cm³/mol. The highest BCUT2D eigenvalue weighted by atomic mass is 16.5. The van der Waals surface area contributed by atoms with Gasteiger partial charge in [0.15, 0.2) is 0 Å². The van der Waals surface area contributed by atoms with Crippen molar-refractivity contribution < 1.29 is 14.6 Å². The number of nitrogens with zero attached hydrogens (tertiary/aromatic N) is 2. The summed E-state index contributed by atoms with van der Waals surface area (Å²) in [7, 11) is 0. The lowest BCUT2D eigenvalue weighted by molar-refractivity contribution is -0.129. The highest BCUT2D eigenvalue weighted by Crippen LogP contribution is 2.30. The van der Waals surface area contributed by atoms with Crippen LogP contribution < -0.4 is 4.74 Å². The van der Waals surface area contributed by atoms with Crippen molar-refractivity contribution in [2.75, 3.05) is 39.3 Å². The first-order valence-corrected chi connectivity index (χ1v) is 9.26. The fraction of sp³-hybridized carbons (Fsp3) is 0.550. The molecule has 1 aromatic carbocycles. The molecule has 0 aliphatic carbocycles. The minimum atomic E-state index is -0.479. The Labute approximate surface area is 149 Å². The number of amides is 1. The molecule has 1 aromatic rings. The molecule has 2 heterocycles. The summed E-state index contributed by atoms with van der Waals surface area (Å²) < 4.78 is 5.73. The zero-order chi connectivity index (χ0) is 17.6. The van der Waals surface area contributed by atoms with Crippen LogP contribution >= 0.6 is 0 Å². The summed E-state index contributed by atoms with van der Waals surface area (Å²) in [5, 5.41) is 10.3. The maximum absolute atomic E-state index is 11.7. The largest absolute Gasteiger partial charge is 0.493 e. The lowest BCUT2D eigenvalue weighted by Crippen LogP contribution is -2.42. The molecule has 2 aliphatic heterocycles. The fourth-order valence-corrected chi connectivity index (χ4v) is 3.64. The lowest BCUT2D eigenvalue weighted by Gasteiger charge is -2.30. The minimum absolute atomic E-state index is 0.174. The first-order valence-electron chi connectivity index (χ1n) is 9.26. The number of rotatable bonds is 7. The molecule has 1 saturated heterocycles. The Morgan fingerprint density at radius 3 is 2.72 bits per heavy atom. The Bertz CT molecular complexity index is 629. The average Bonchev–Trinajstić information content (AvgIpc) is 3.01. The second-order valence-corrected chi connectivity index (χ2v) is 6.77. The average molecular weight is 344 g/mol. The van der Waals surface area contributed by atoms with Gasteiger partial charge in [-0.1, -0.05) is 24.3 Å². The molecule has 1 amide bonds. The molecule has 1 atom stereocenters. The summed E-state index contributed by atoms with van der Waals surface area (Å²) in [6.07, 6.45) is 4.24. The summed E-state index contributed by atoms with van der Waals surface area (Å²) >= 11 is 0. The van der Waals surface area contributed by atoms with Crippen molar-refractivity contribution in [2.45, 2.75) is 32.3 Å². The number of aliphatic hydroxyl groups excluding tert-OH is 1. The number of carbonyl (C=O) groups is 1. The molecular formula is C20H28N2O3. The van der Waals surface area contributed by atoms with Gasteiger partial charge >= 0.3 is 0 Å². The number of aliphatic hydroxyl groups is 1. The summed E-state index contributed by atoms with van der Waals surface area (Å²) in [5.41, 5.74) is 2.48. The van der Waals surface area contributed by atoms with E-state index in [4.69, 9.17) is 4.74 Å². The third-order valence-electron chi connectivity index (χ3n) is 4.90. The van der Waals surface area contributed by atoms with E-state index in [1.807, 2.05) is 25.1 Å². The van der Waals surface area contributed by atoms with E-state index in [2.05, 4.69) is 17.0 Å². The SMILES string of the molecule is CCOc1ccccc1C1=CCN(CC(O)CN2CCCC2=O)CC1. The Morgan fingerprint density at radius 1 is 1.20 bits per heavy atom. The van der Waals surface area contributed by atoms with Crippen LogP contribution in [0.3, 0.4) is 0 Å². The van der Waals surface area contributed by atoms with E-state index < -0.39 is 6.10 Å². The maximum atomic E-state index is 11.7. The van der Waals surface area contributed by atoms with Gasteiger partial charge in [0.2, 0.25) is 5.91 Å². The van der Waals surface area contributed by atoms with Gasteiger partial charge in [-0.3, -0.25) is 9.69 Å². The topological polar surface area (TPSA) is 53.0 Å². The van der Waals surface area contributed by atoms with Gasteiger partial charge in [-0.05, 0) is 31.4 Å². The molecule has 1 fully saturated rings. The van der Waals surface area contributed by atoms with E-state index >= 15 is 0 Å². The Hall–Kier alpha value is -1.85. The van der Waals surface area contributed by atoms with E-state index in [0.717, 1.165) is 38.2 Å². The first kappa shape index (κ1) is 18.0. The van der Waals surface area contributed by atoms with Gasteiger partial charge in [0.25, 0.3) is 0 Å². The molecule has 25 heavy (non-hydrogen) atoms. The summed E-state index contributed by atoms with van der Waals surface area (Å²) in [6, 6.07) is 8.17. The number of β-amino-alcohol motifs (C(OH)–C–C–N with tert-alkyl or cyclic N) is 1. The zero-order valence-corrected chi connectivity index (χ0v) is 15.0. The number of benzene rings is 1. The van der Waals surface area contributed by atoms with Crippen molar-refractivity contribution >= 4 is 11.5 Å². The predicted octanol–water partition coefficient (Wildman–Crippen LogP) is 2.16. The van der Waals surface area contributed by atoms with Gasteiger partial charge < -0.3 is 14.7 Å². The van der Waals surface area contributed by atoms with Gasteiger partial charge in [-0.2, -0.15) is 0 Å². The highest BCUT2D eigenvalue weighted by Gasteiger charge is 2.24. The molecule has 1 unspecified atom stereocenters. The number of likely N-dealkylation sites (tertiary alicyclic amines) is 1. The van der Waals surface area contributed by atoms with Crippen LogP contribution in [0.5, 0.6) is 5.75 Å². The molecule has 5 nitrogen and oxygen atoms in total. The Balaban J connectivity index is 1.54. The summed E-state index contributed by atoms with van der Waals surface area (Å²) in [4.78, 5) is 15.7. The smallest absolute Gasteiger partial charge is 0.222 e. The summed E-state index contributed by atoms with van der Waals surface area (Å²) in [5.74, 6) is 1.12. The second-order valence-electron chi connectivity index (χ2n) is 6.77. The number of para-hydroxylation sites is 1. The van der Waals surface area contributed by atoms with Crippen molar-refractivity contribution in [3.05, 3.63) is 35.9 Å². The van der Waals surface area contributed by atoms with Crippen molar-refractivity contribution in [3.63, 3.8) is 0 Å². The molecule has 3 rings (SSSR count). The normalized spacial score (nSPS) is 19.8. The molecule has 2 aliphatic rings. The number of hydrogen-bond donors (Lipinski definition) is 1. The molecule has 5 heteroatoms. The quantitative estimate of drug-likeness (QED) is 0.824. The molecule has 0 saturated carbocycles. The summed E-state index contributed by atoms with van der Waals surface area (Å²) in [6.45, 7) is 6.25. The molecule has 0 bridgehead atoms. The molecule has 0 radical (unpaired) electrons. The van der Waals surface area contributed by atoms with Gasteiger partial charge in [-0.15, -0.1) is 0 Å². The van der Waals surface area contributed by atoms with E-state index in [1.54, 1.807) is 4.90 Å². The Kier molecular flexibility index (Phi) is 6.10. The second kappa shape index (κ2) is 8.50. The Morgan fingerprint density at radius 2 is 2.04 bits per heavy atom. The lowest BCUT2D eigenvalue weighted by atomic mass is 9.98. The van der Waals surface area contributed by atoms with Crippen LogP contribution in [0.2, 0.25) is 0 Å². The van der Waals surface area contributed by atoms with Crippen LogP contribution in [-0.4, -0.2) is 66.2 Å². The van der Waals surface area contributed by atoms with Crippen LogP contribution in [0.15, 0.2) is 30.3 Å². The van der Waals surface area contributed by atoms with Gasteiger partial charge in [-0.25, -0.2) is 0 Å². The van der Waals surface area contributed by atoms with Gasteiger partial charge in [0, 0.05) is 44.7 Å². The maximum Gasteiger partial charge on any atom is 0.222 e. The number of hydrogen-bond acceptors (Lipinski definition) is 4. The third-order valence-corrected chi connectivity index (χ3v) is 4.90. The molecule has 0 aromatic heterocycles. The van der Waals surface area contributed by atoms with E-state index in [9.17, 15) is 9.90 Å². The molecule has 136 valence electrons. The highest BCUT2D eigenvalue weighted by molar-refractivity contribution is 5.78. The van der Waals surface area contributed by atoms with Crippen LogP contribution in [0, 0.1) is 0 Å². The standard InChI is InChI=1S/C20H28N2O3/c1-2-25-19-7-4-3-6-18(19)16-9-12-21(13-10-16)14-17(23)15-22-11-5-8-20(22)24/h3-4,6-7,9,17,23H,2,5,8,10-15H2,1H3. The number of carbonyl (C=O) groups excluding carboxylic acids is 1. The fourth-order valence-electron chi connectivity index (χ4n) is 3.64. The van der Waals surface area contributed by atoms with Crippen molar-refractivity contribution in [2.24, 2.45) is 0 Å². The van der Waals surface area contributed by atoms with E-state index in [0.29, 0.717) is 26.1 Å². The van der Waals surface area contributed by atoms with Crippen LogP contribution in [0.1, 0.15) is 31.7 Å². The van der Waals surface area contributed by atoms with Crippen molar-refractivity contribution in [1.29, 1.82) is 0 Å². The van der Waals surface area contributed by atoms with Crippen molar-refractivity contribution in [1.82, 2.24) is 9.80 Å². The molecule has 0 spiro atoms.